The largest absolute Gasteiger partial charge is 0.416 e. The number of amides is 3. The Bertz CT molecular complexity index is 990. The zero-order chi connectivity index (χ0) is 20.4. The van der Waals surface area contributed by atoms with Crippen molar-refractivity contribution >= 4 is 33.3 Å². The van der Waals surface area contributed by atoms with Crippen LogP contribution in [0.1, 0.15) is 15.9 Å². The van der Waals surface area contributed by atoms with Crippen molar-refractivity contribution in [2.45, 2.75) is 6.18 Å². The van der Waals surface area contributed by atoms with E-state index in [0.29, 0.717) is 11.0 Å². The lowest BCUT2D eigenvalue weighted by atomic mass is 10.1. The minimum absolute atomic E-state index is 0.175. The molecule has 0 saturated heterocycles. The van der Waals surface area contributed by atoms with E-state index in [1.165, 1.54) is 30.3 Å². The summed E-state index contributed by atoms with van der Waals surface area (Å²) < 4.78 is 63.2. The van der Waals surface area contributed by atoms with Gasteiger partial charge in [-0.05, 0) is 30.3 Å². The van der Waals surface area contributed by atoms with Crippen LogP contribution in [0.5, 0.6) is 0 Å². The number of sulfonamides is 1. The van der Waals surface area contributed by atoms with E-state index in [0.717, 1.165) is 18.4 Å². The van der Waals surface area contributed by atoms with Crippen molar-refractivity contribution < 1.29 is 31.2 Å². The second-order valence-corrected chi connectivity index (χ2v) is 7.19. The van der Waals surface area contributed by atoms with Crippen LogP contribution in [-0.2, 0) is 16.2 Å². The molecule has 2 aromatic carbocycles. The number of rotatable bonds is 4. The number of benzene rings is 2. The van der Waals surface area contributed by atoms with E-state index in [2.05, 4.69) is 0 Å². The summed E-state index contributed by atoms with van der Waals surface area (Å²) in [5.74, 6) is -1.06. The molecule has 27 heavy (non-hydrogen) atoms. The van der Waals surface area contributed by atoms with Crippen LogP contribution in [0.25, 0.3) is 0 Å². The maximum atomic E-state index is 13.0. The molecule has 2 aromatic rings. The number of carbonyl (C=O) groups is 2. The van der Waals surface area contributed by atoms with Crippen LogP contribution in [-0.4, -0.2) is 26.6 Å². The Kier molecular flexibility index (Phi) is 5.45. The van der Waals surface area contributed by atoms with Crippen molar-refractivity contribution in [1.82, 2.24) is 4.72 Å². The third-order valence-electron chi connectivity index (χ3n) is 3.32. The number of urea groups is 1. The number of para-hydroxylation sites is 1. The van der Waals surface area contributed by atoms with Gasteiger partial charge >= 0.3 is 12.2 Å². The van der Waals surface area contributed by atoms with Gasteiger partial charge < -0.3 is 5.73 Å². The Labute approximate surface area is 152 Å². The van der Waals surface area contributed by atoms with Gasteiger partial charge in [0.25, 0.3) is 5.91 Å². The first kappa shape index (κ1) is 20.2. The number of alkyl halides is 3. The SMILES string of the molecule is CS(=O)(=O)NC(=O)c1ccccc1N(C(N)=O)c1cccc(C(F)(F)F)c1. The maximum absolute atomic E-state index is 13.0. The topological polar surface area (TPSA) is 110 Å². The fraction of sp³-hybridized carbons (Fsp3) is 0.125. The average Bonchev–Trinajstić information content (AvgIpc) is 2.53. The van der Waals surface area contributed by atoms with Crippen molar-refractivity contribution in [1.29, 1.82) is 0 Å². The highest BCUT2D eigenvalue weighted by atomic mass is 32.2. The van der Waals surface area contributed by atoms with Crippen molar-refractivity contribution in [2.75, 3.05) is 11.2 Å². The van der Waals surface area contributed by atoms with Gasteiger partial charge in [-0.25, -0.2) is 17.9 Å². The molecule has 0 fully saturated rings. The van der Waals surface area contributed by atoms with Gasteiger partial charge in [-0.2, -0.15) is 13.2 Å². The first-order valence-electron chi connectivity index (χ1n) is 7.28. The number of hydrogen-bond acceptors (Lipinski definition) is 4. The standard InChI is InChI=1S/C16H14F3N3O4S/c1-27(25,26)21-14(23)12-7-2-3-8-13(12)22(15(20)24)11-6-4-5-10(9-11)16(17,18)19/h2-9H,1H3,(H2,20,24)(H,21,23). The lowest BCUT2D eigenvalue weighted by molar-refractivity contribution is -0.137. The zero-order valence-corrected chi connectivity index (χ0v) is 14.6. The van der Waals surface area contributed by atoms with Gasteiger partial charge in [0.2, 0.25) is 10.0 Å². The lowest BCUT2D eigenvalue weighted by Gasteiger charge is -2.23. The van der Waals surface area contributed by atoms with E-state index in [9.17, 15) is 31.2 Å². The lowest BCUT2D eigenvalue weighted by Crippen LogP contribution is -2.35. The highest BCUT2D eigenvalue weighted by molar-refractivity contribution is 7.89. The highest BCUT2D eigenvalue weighted by Gasteiger charge is 2.32. The molecule has 0 spiro atoms. The molecule has 0 aliphatic heterocycles. The average molecular weight is 401 g/mol. The number of nitrogens with two attached hydrogens (primary N) is 1. The molecule has 0 radical (unpaired) electrons. The van der Waals surface area contributed by atoms with Crippen LogP contribution in [0.15, 0.2) is 48.5 Å². The molecule has 144 valence electrons. The molecule has 0 aliphatic carbocycles. The summed E-state index contributed by atoms with van der Waals surface area (Å²) >= 11 is 0. The smallest absolute Gasteiger partial charge is 0.351 e. The predicted molar refractivity (Wildman–Crippen MR) is 91.9 cm³/mol. The Morgan fingerprint density at radius 1 is 1.07 bits per heavy atom. The number of nitrogens with zero attached hydrogens (tertiary/aromatic N) is 1. The van der Waals surface area contributed by atoms with Crippen LogP contribution in [0.3, 0.4) is 0 Å². The molecule has 0 heterocycles. The molecule has 0 unspecified atom stereocenters. The van der Waals surface area contributed by atoms with Gasteiger partial charge in [0.05, 0.1) is 28.8 Å². The molecule has 0 atom stereocenters. The molecule has 2 rings (SSSR count). The second-order valence-electron chi connectivity index (χ2n) is 5.44. The molecule has 0 aliphatic rings. The minimum atomic E-state index is -4.66. The summed E-state index contributed by atoms with van der Waals surface area (Å²) in [7, 11) is -3.91. The molecule has 11 heteroatoms. The van der Waals surface area contributed by atoms with Gasteiger partial charge in [0.1, 0.15) is 0 Å². The summed E-state index contributed by atoms with van der Waals surface area (Å²) in [6, 6.07) is 7.89. The van der Waals surface area contributed by atoms with Gasteiger partial charge in [-0.3, -0.25) is 9.69 Å². The second kappa shape index (κ2) is 7.27. The van der Waals surface area contributed by atoms with Crippen molar-refractivity contribution in [2.24, 2.45) is 5.73 Å². The Morgan fingerprint density at radius 3 is 2.26 bits per heavy atom. The van der Waals surface area contributed by atoms with Crippen LogP contribution in [0.4, 0.5) is 29.3 Å². The maximum Gasteiger partial charge on any atom is 0.416 e. The third-order valence-corrected chi connectivity index (χ3v) is 3.88. The minimum Gasteiger partial charge on any atom is -0.351 e. The number of halogens is 3. The monoisotopic (exact) mass is 401 g/mol. The normalized spacial score (nSPS) is 11.7. The van der Waals surface area contributed by atoms with E-state index in [1.54, 1.807) is 4.72 Å². The van der Waals surface area contributed by atoms with Crippen molar-refractivity contribution in [3.63, 3.8) is 0 Å². The molecular formula is C16H14F3N3O4S. The Morgan fingerprint density at radius 2 is 1.70 bits per heavy atom. The molecular weight excluding hydrogens is 387 g/mol. The van der Waals surface area contributed by atoms with Crippen LogP contribution < -0.4 is 15.4 Å². The highest BCUT2D eigenvalue weighted by Crippen LogP contribution is 2.34. The zero-order valence-electron chi connectivity index (χ0n) is 13.8. The molecule has 3 amide bonds. The third kappa shape index (κ3) is 4.97. The van der Waals surface area contributed by atoms with Crippen LogP contribution in [0, 0.1) is 0 Å². The summed E-state index contributed by atoms with van der Waals surface area (Å²) in [5, 5.41) is 0. The van der Waals surface area contributed by atoms with Crippen molar-refractivity contribution in [3.05, 3.63) is 59.7 Å². The molecule has 3 N–H and O–H groups in total. The number of anilines is 2. The molecule has 0 saturated carbocycles. The summed E-state index contributed by atoms with van der Waals surface area (Å²) in [5.41, 5.74) is 3.61. The van der Waals surface area contributed by atoms with Crippen molar-refractivity contribution in [3.8, 4) is 0 Å². The molecule has 7 nitrogen and oxygen atoms in total. The van der Waals surface area contributed by atoms with Crippen LogP contribution >= 0.6 is 0 Å². The first-order valence-corrected chi connectivity index (χ1v) is 9.17. The summed E-state index contributed by atoms with van der Waals surface area (Å²) in [6.07, 6.45) is -3.90. The van der Waals surface area contributed by atoms with Gasteiger partial charge in [-0.15, -0.1) is 0 Å². The summed E-state index contributed by atoms with van der Waals surface area (Å²) in [6.45, 7) is 0. The number of carbonyl (C=O) groups excluding carboxylic acids is 2. The quantitative estimate of drug-likeness (QED) is 0.821. The number of nitrogens with one attached hydrogen (secondary N) is 1. The molecule has 0 bridgehead atoms. The van der Waals surface area contributed by atoms with E-state index < -0.39 is 33.7 Å². The first-order chi connectivity index (χ1) is 12.4. The van der Waals surface area contributed by atoms with E-state index in [-0.39, 0.29) is 16.9 Å². The number of hydrogen-bond donors (Lipinski definition) is 2. The predicted octanol–water partition coefficient (Wildman–Crippen LogP) is 2.61. The number of primary amides is 1. The Hall–Kier alpha value is -3.08. The van der Waals surface area contributed by atoms with Gasteiger partial charge in [0.15, 0.2) is 0 Å². The van der Waals surface area contributed by atoms with Gasteiger partial charge in [-0.1, -0.05) is 18.2 Å². The van der Waals surface area contributed by atoms with E-state index in [4.69, 9.17) is 5.73 Å². The van der Waals surface area contributed by atoms with Crippen LogP contribution in [0.2, 0.25) is 0 Å². The Balaban J connectivity index is 2.60. The summed E-state index contributed by atoms with van der Waals surface area (Å²) in [4.78, 5) is 24.8. The fourth-order valence-electron chi connectivity index (χ4n) is 2.29. The molecule has 0 aromatic heterocycles. The van der Waals surface area contributed by atoms with E-state index >= 15 is 0 Å². The fourth-order valence-corrected chi connectivity index (χ4v) is 2.74. The van der Waals surface area contributed by atoms with Gasteiger partial charge in [0, 0.05) is 0 Å². The van der Waals surface area contributed by atoms with E-state index in [1.807, 2.05) is 0 Å².